The second-order valence-corrected chi connectivity index (χ2v) is 7.06. The summed E-state index contributed by atoms with van der Waals surface area (Å²) in [6, 6.07) is 0.672. The Morgan fingerprint density at radius 1 is 1.20 bits per heavy atom. The summed E-state index contributed by atoms with van der Waals surface area (Å²) in [6.45, 7) is 7.70. The van der Waals surface area contributed by atoms with Crippen LogP contribution in [0.5, 0.6) is 0 Å². The third kappa shape index (κ3) is 3.08. The zero-order valence-corrected chi connectivity index (χ0v) is 13.5. The maximum absolute atomic E-state index is 6.34. The quantitative estimate of drug-likeness (QED) is 0.731. The lowest BCUT2D eigenvalue weighted by Gasteiger charge is -2.26. The van der Waals surface area contributed by atoms with E-state index in [1.165, 1.54) is 32.1 Å². The lowest BCUT2D eigenvalue weighted by molar-refractivity contribution is 0.567. The summed E-state index contributed by atoms with van der Waals surface area (Å²) in [7, 11) is 0. The first-order chi connectivity index (χ1) is 9.56. The Labute approximate surface area is 126 Å². The Kier molecular flexibility index (Phi) is 3.89. The fourth-order valence-electron chi connectivity index (χ4n) is 2.54. The molecule has 2 aliphatic carbocycles. The van der Waals surface area contributed by atoms with Crippen molar-refractivity contribution in [3.05, 3.63) is 16.5 Å². The summed E-state index contributed by atoms with van der Waals surface area (Å²) in [5.74, 6) is 3.33. The van der Waals surface area contributed by atoms with Crippen LogP contribution in [0.15, 0.2) is 0 Å². The first kappa shape index (κ1) is 14.1. The van der Waals surface area contributed by atoms with Gasteiger partial charge in [-0.1, -0.05) is 25.4 Å². The van der Waals surface area contributed by atoms with Gasteiger partial charge < -0.3 is 4.90 Å². The third-order valence-corrected chi connectivity index (χ3v) is 4.60. The Bertz CT molecular complexity index is 493. The minimum atomic E-state index is 0.554. The Morgan fingerprint density at radius 3 is 2.45 bits per heavy atom. The molecule has 4 heteroatoms. The van der Waals surface area contributed by atoms with Crippen LogP contribution in [0.4, 0.5) is 5.82 Å². The van der Waals surface area contributed by atoms with E-state index in [1.807, 2.05) is 0 Å². The maximum atomic E-state index is 6.34. The Hall–Kier alpha value is -0.830. The smallest absolute Gasteiger partial charge is 0.137 e. The predicted octanol–water partition coefficient (Wildman–Crippen LogP) is 4.33. The van der Waals surface area contributed by atoms with Gasteiger partial charge in [0.15, 0.2) is 0 Å². The molecular formula is C16H24ClN3. The fourth-order valence-corrected chi connectivity index (χ4v) is 2.71. The lowest BCUT2D eigenvalue weighted by atomic mass is 10.1. The predicted molar refractivity (Wildman–Crippen MR) is 83.6 cm³/mol. The topological polar surface area (TPSA) is 29.0 Å². The molecule has 3 nitrogen and oxygen atoms in total. The van der Waals surface area contributed by atoms with Crippen molar-refractivity contribution in [2.24, 2.45) is 5.92 Å². The van der Waals surface area contributed by atoms with Crippen LogP contribution >= 0.6 is 11.6 Å². The molecule has 0 spiro atoms. The molecule has 1 aromatic heterocycles. The minimum Gasteiger partial charge on any atom is -0.353 e. The van der Waals surface area contributed by atoms with E-state index in [1.54, 1.807) is 0 Å². The highest BCUT2D eigenvalue weighted by Crippen LogP contribution is 2.41. The van der Waals surface area contributed by atoms with Crippen molar-refractivity contribution in [3.8, 4) is 0 Å². The van der Waals surface area contributed by atoms with Crippen molar-refractivity contribution < 1.29 is 0 Å². The molecule has 2 saturated carbocycles. The van der Waals surface area contributed by atoms with Gasteiger partial charge in [0.05, 0.1) is 0 Å². The van der Waals surface area contributed by atoms with Gasteiger partial charge in [0.2, 0.25) is 0 Å². The van der Waals surface area contributed by atoms with Crippen molar-refractivity contribution in [2.45, 2.75) is 64.8 Å². The van der Waals surface area contributed by atoms with Crippen LogP contribution in [0.1, 0.15) is 63.3 Å². The van der Waals surface area contributed by atoms with E-state index in [2.05, 4.69) is 30.7 Å². The van der Waals surface area contributed by atoms with Gasteiger partial charge in [0.1, 0.15) is 16.8 Å². The third-order valence-electron chi connectivity index (χ3n) is 4.23. The number of nitrogens with zero attached hydrogens (tertiary/aromatic N) is 3. The zero-order chi connectivity index (χ0) is 14.3. The molecule has 0 bridgehead atoms. The number of halogens is 1. The summed E-state index contributed by atoms with van der Waals surface area (Å²) in [4.78, 5) is 11.8. The van der Waals surface area contributed by atoms with E-state index in [4.69, 9.17) is 16.6 Å². The standard InChI is InChI=1S/C16H24ClN3/c1-10(2)8-9-20(13-6-7-13)16-11(3)14(17)18-15(19-16)12-4-5-12/h10,12-13H,4-9H2,1-3H3. The minimum absolute atomic E-state index is 0.554. The molecule has 0 atom stereocenters. The summed E-state index contributed by atoms with van der Waals surface area (Å²) in [6.07, 6.45) is 6.22. The number of rotatable bonds is 6. The highest BCUT2D eigenvalue weighted by atomic mass is 35.5. The van der Waals surface area contributed by atoms with Gasteiger partial charge in [-0.3, -0.25) is 0 Å². The summed E-state index contributed by atoms with van der Waals surface area (Å²) >= 11 is 6.34. The van der Waals surface area contributed by atoms with Gasteiger partial charge in [0.25, 0.3) is 0 Å². The number of hydrogen-bond donors (Lipinski definition) is 0. The van der Waals surface area contributed by atoms with E-state index in [9.17, 15) is 0 Å². The largest absolute Gasteiger partial charge is 0.353 e. The van der Waals surface area contributed by atoms with Crippen molar-refractivity contribution in [2.75, 3.05) is 11.4 Å². The van der Waals surface area contributed by atoms with E-state index >= 15 is 0 Å². The first-order valence-corrected chi connectivity index (χ1v) is 8.24. The van der Waals surface area contributed by atoms with Crippen LogP contribution in [0.3, 0.4) is 0 Å². The van der Waals surface area contributed by atoms with Crippen LogP contribution in [0, 0.1) is 12.8 Å². The van der Waals surface area contributed by atoms with Gasteiger partial charge in [-0.05, 0) is 44.9 Å². The van der Waals surface area contributed by atoms with E-state index in [-0.39, 0.29) is 0 Å². The fraction of sp³-hybridized carbons (Fsp3) is 0.750. The molecule has 2 aliphatic rings. The normalized spacial score (nSPS) is 18.6. The van der Waals surface area contributed by atoms with Crippen LogP contribution in [-0.2, 0) is 0 Å². The average Bonchev–Trinajstić information content (AvgIpc) is 3.27. The Morgan fingerprint density at radius 2 is 1.90 bits per heavy atom. The number of hydrogen-bond acceptors (Lipinski definition) is 3. The molecule has 20 heavy (non-hydrogen) atoms. The van der Waals surface area contributed by atoms with Gasteiger partial charge in [-0.15, -0.1) is 0 Å². The van der Waals surface area contributed by atoms with Gasteiger partial charge in [0, 0.05) is 24.1 Å². The van der Waals surface area contributed by atoms with E-state index in [0.717, 1.165) is 29.7 Å². The molecule has 0 aliphatic heterocycles. The molecule has 110 valence electrons. The van der Waals surface area contributed by atoms with Crippen molar-refractivity contribution in [3.63, 3.8) is 0 Å². The van der Waals surface area contributed by atoms with Crippen LogP contribution in [0.2, 0.25) is 5.15 Å². The average molecular weight is 294 g/mol. The van der Waals surface area contributed by atoms with Crippen LogP contribution < -0.4 is 4.90 Å². The van der Waals surface area contributed by atoms with Crippen LogP contribution in [0.25, 0.3) is 0 Å². The zero-order valence-electron chi connectivity index (χ0n) is 12.7. The molecule has 0 unspecified atom stereocenters. The molecule has 0 N–H and O–H groups in total. The van der Waals surface area contributed by atoms with Crippen molar-refractivity contribution in [1.29, 1.82) is 0 Å². The second-order valence-electron chi connectivity index (χ2n) is 6.70. The maximum Gasteiger partial charge on any atom is 0.137 e. The molecule has 0 aromatic carbocycles. The SMILES string of the molecule is Cc1c(Cl)nc(C2CC2)nc1N(CCC(C)C)C1CC1. The van der Waals surface area contributed by atoms with Crippen LogP contribution in [-0.4, -0.2) is 22.6 Å². The van der Waals surface area contributed by atoms with E-state index in [0.29, 0.717) is 17.1 Å². The molecule has 3 rings (SSSR count). The molecular weight excluding hydrogens is 270 g/mol. The second kappa shape index (κ2) is 5.51. The molecule has 2 fully saturated rings. The van der Waals surface area contributed by atoms with Gasteiger partial charge in [-0.2, -0.15) is 0 Å². The number of aromatic nitrogens is 2. The summed E-state index contributed by atoms with van der Waals surface area (Å²) in [5, 5.41) is 0.645. The summed E-state index contributed by atoms with van der Waals surface area (Å²) < 4.78 is 0. The molecule has 0 radical (unpaired) electrons. The Balaban J connectivity index is 1.88. The monoisotopic (exact) mass is 293 g/mol. The highest BCUT2D eigenvalue weighted by Gasteiger charge is 2.33. The van der Waals surface area contributed by atoms with Gasteiger partial charge in [-0.25, -0.2) is 9.97 Å². The highest BCUT2D eigenvalue weighted by molar-refractivity contribution is 6.30. The molecule has 1 heterocycles. The molecule has 1 aromatic rings. The first-order valence-electron chi connectivity index (χ1n) is 7.87. The van der Waals surface area contributed by atoms with Crippen molar-refractivity contribution in [1.82, 2.24) is 9.97 Å². The van der Waals surface area contributed by atoms with E-state index < -0.39 is 0 Å². The lowest BCUT2D eigenvalue weighted by Crippen LogP contribution is -2.30. The summed E-state index contributed by atoms with van der Waals surface area (Å²) in [5.41, 5.74) is 1.05. The molecule has 0 amide bonds. The number of anilines is 1. The van der Waals surface area contributed by atoms with Crippen molar-refractivity contribution >= 4 is 17.4 Å². The van der Waals surface area contributed by atoms with Gasteiger partial charge >= 0.3 is 0 Å². The molecule has 0 saturated heterocycles.